The fourth-order valence-electron chi connectivity index (χ4n) is 19.3. The fraction of sp³-hybridized carbons (Fsp3) is 1.00. The zero-order valence-corrected chi connectivity index (χ0v) is 90.2. The maximum absolute atomic E-state index is 2.17. The van der Waals surface area contributed by atoms with Gasteiger partial charge in [0.2, 0.25) is 0 Å². The highest BCUT2D eigenvalue weighted by Crippen LogP contribution is 2.67. The minimum Gasteiger partial charge on any atom is -0.0683 e. The molecular formula is C112H246. The Morgan fingerprint density at radius 1 is 0.116 bits per heavy atom. The van der Waals surface area contributed by atoms with Gasteiger partial charge in [0.25, 0.3) is 0 Å². The Kier molecular flexibility index (Phi) is 117. The van der Waals surface area contributed by atoms with Gasteiger partial charge in [-0.1, -0.05) is 462 Å². The molecule has 0 radical (unpaired) electrons. The zero-order chi connectivity index (χ0) is 90.2. The highest BCUT2D eigenvalue weighted by molar-refractivity contribution is 5.08. The average molecular weight is 1590 g/mol. The van der Waals surface area contributed by atoms with Gasteiger partial charge in [0.1, 0.15) is 0 Å². The van der Waals surface area contributed by atoms with Crippen LogP contribution in [0.2, 0.25) is 0 Å². The highest BCUT2D eigenvalue weighted by Gasteiger charge is 2.59. The molecule has 0 aliphatic heterocycles. The summed E-state index contributed by atoms with van der Waals surface area (Å²) in [6.07, 6.45) is 53.5. The van der Waals surface area contributed by atoms with E-state index >= 15 is 0 Å². The predicted molar refractivity (Wildman–Crippen MR) is 538 cm³/mol. The smallest absolute Gasteiger partial charge is 0.0323 e. The molecule has 0 heteroatoms. The van der Waals surface area contributed by atoms with Crippen molar-refractivity contribution in [2.45, 2.75) is 564 Å². The van der Waals surface area contributed by atoms with E-state index in [1.165, 1.54) is 140 Å². The van der Waals surface area contributed by atoms with Crippen LogP contribution in [0.25, 0.3) is 0 Å². The molecule has 14 aliphatic carbocycles. The van der Waals surface area contributed by atoms with Crippen molar-refractivity contribution in [1.29, 1.82) is 0 Å². The molecule has 112 heavy (non-hydrogen) atoms. The molecule has 14 unspecified atom stereocenters. The largest absolute Gasteiger partial charge is 0.0683 e. The van der Waals surface area contributed by atoms with Crippen LogP contribution in [0.3, 0.4) is 0 Å². The maximum Gasteiger partial charge on any atom is -0.0323 e. The summed E-state index contributed by atoms with van der Waals surface area (Å²) >= 11 is 0. The van der Waals surface area contributed by atoms with Crippen LogP contribution in [0.15, 0.2) is 0 Å². The van der Waals surface area contributed by atoms with Gasteiger partial charge in [-0.3, -0.25) is 0 Å². The zero-order valence-electron chi connectivity index (χ0n) is 90.2. The third-order valence-electron chi connectivity index (χ3n) is 21.3. The minimum atomic E-state index is 0.833. The van der Waals surface area contributed by atoms with E-state index in [0.29, 0.717) is 0 Å². The Hall–Kier alpha value is 0. The van der Waals surface area contributed by atoms with Gasteiger partial charge in [0, 0.05) is 0 Å². The molecule has 694 valence electrons. The number of hydrogen-bond acceptors (Lipinski definition) is 0. The molecule has 0 saturated heterocycles. The Balaban J connectivity index is -0.000000109. The van der Waals surface area contributed by atoms with Crippen LogP contribution in [0, 0.1) is 166 Å². The third kappa shape index (κ3) is 79.8. The van der Waals surface area contributed by atoms with E-state index in [1.54, 1.807) is 173 Å². The lowest BCUT2D eigenvalue weighted by Crippen LogP contribution is -2.27. The Morgan fingerprint density at radius 3 is 0.366 bits per heavy atom. The molecule has 0 aromatic rings. The molecule has 8 bridgehead atoms. The van der Waals surface area contributed by atoms with Crippen LogP contribution in [-0.2, 0) is 0 Å². The minimum absolute atomic E-state index is 0.833. The van der Waals surface area contributed by atoms with Crippen molar-refractivity contribution in [3.05, 3.63) is 0 Å². The molecule has 0 heterocycles. The topological polar surface area (TPSA) is 0 Å². The molecule has 14 aliphatic rings. The van der Waals surface area contributed by atoms with Gasteiger partial charge in [-0.15, -0.1) is 0 Å². The van der Waals surface area contributed by atoms with Gasteiger partial charge in [0.05, 0.1) is 0 Å². The van der Waals surface area contributed by atoms with Crippen molar-refractivity contribution in [2.75, 3.05) is 0 Å². The van der Waals surface area contributed by atoms with Crippen LogP contribution in [0.5, 0.6) is 0 Å². The molecule has 0 spiro atoms. The van der Waals surface area contributed by atoms with Crippen LogP contribution in [-0.4, -0.2) is 0 Å². The summed E-state index contributed by atoms with van der Waals surface area (Å²) in [6.45, 7) is 105. The fourth-order valence-corrected chi connectivity index (χ4v) is 19.3. The quantitative estimate of drug-likeness (QED) is 0.212. The van der Waals surface area contributed by atoms with Crippen molar-refractivity contribution in [3.8, 4) is 0 Å². The summed E-state index contributed by atoms with van der Waals surface area (Å²) in [6, 6.07) is 0. The maximum atomic E-state index is 2.17. The lowest BCUT2D eigenvalue weighted by atomic mass is 9.71. The lowest BCUT2D eigenvalue weighted by Gasteiger charge is -2.35. The number of rotatable bonds is 0. The lowest BCUT2D eigenvalue weighted by molar-refractivity contribution is 0.146. The molecule has 0 nitrogen and oxygen atoms in total. The van der Waals surface area contributed by atoms with Crippen LogP contribution in [0.1, 0.15) is 564 Å². The number of fused-ring (bicyclic) bond motifs is 21. The summed E-state index contributed by atoms with van der Waals surface area (Å²) in [4.78, 5) is 0. The Labute approximate surface area is 725 Å². The average Bonchev–Trinajstić information content (AvgIpc) is 1.57. The van der Waals surface area contributed by atoms with Crippen LogP contribution >= 0.6 is 0 Å². The molecule has 14 rings (SSSR count). The van der Waals surface area contributed by atoms with Gasteiger partial charge in [0.15, 0.2) is 0 Å². The molecule has 0 amide bonds. The first kappa shape index (κ1) is 135. The van der Waals surface area contributed by atoms with Crippen molar-refractivity contribution in [1.82, 2.24) is 0 Å². The van der Waals surface area contributed by atoms with Crippen molar-refractivity contribution < 1.29 is 0 Å². The Bertz CT molecular complexity index is 1360. The van der Waals surface area contributed by atoms with Gasteiger partial charge >= 0.3 is 0 Å². The summed E-state index contributed by atoms with van der Waals surface area (Å²) in [5.74, 6) is 29.8. The molecule has 14 saturated carbocycles. The van der Waals surface area contributed by atoms with E-state index in [4.69, 9.17) is 0 Å². The van der Waals surface area contributed by atoms with E-state index < -0.39 is 0 Å². The third-order valence-corrected chi connectivity index (χ3v) is 21.3. The highest BCUT2D eigenvalue weighted by atomic mass is 14.6. The summed E-state index contributed by atoms with van der Waals surface area (Å²) in [7, 11) is 0. The van der Waals surface area contributed by atoms with Crippen LogP contribution in [0.4, 0.5) is 0 Å². The first-order valence-corrected chi connectivity index (χ1v) is 53.1. The van der Waals surface area contributed by atoms with Gasteiger partial charge < -0.3 is 0 Å². The molecular weight excluding hydrogens is 1350 g/mol. The van der Waals surface area contributed by atoms with Gasteiger partial charge in [-0.25, -0.2) is 0 Å². The summed E-state index contributed by atoms with van der Waals surface area (Å²) < 4.78 is 0. The summed E-state index contributed by atoms with van der Waals surface area (Å²) in [5.41, 5.74) is 0. The van der Waals surface area contributed by atoms with E-state index in [-0.39, 0.29) is 0 Å². The first-order chi connectivity index (χ1) is 53.1. The van der Waals surface area contributed by atoms with E-state index in [2.05, 4.69) is 208 Å². The molecule has 0 aromatic heterocycles. The van der Waals surface area contributed by atoms with Crippen molar-refractivity contribution >= 4 is 0 Å². The second-order valence-corrected chi connectivity index (χ2v) is 40.5. The van der Waals surface area contributed by atoms with Crippen molar-refractivity contribution in [3.63, 3.8) is 0 Å². The van der Waals surface area contributed by atoms with E-state index in [0.717, 1.165) is 71.0 Å². The van der Waals surface area contributed by atoms with E-state index in [1.807, 2.05) is 138 Å². The normalized spacial score (nSPS) is 28.4. The number of hydrogen-bond donors (Lipinski definition) is 0. The monoisotopic (exact) mass is 1590 g/mol. The van der Waals surface area contributed by atoms with Gasteiger partial charge in [-0.2, -0.15) is 0 Å². The first-order valence-electron chi connectivity index (χ1n) is 53.1. The molecule has 14 atom stereocenters. The Morgan fingerprint density at radius 2 is 0.214 bits per heavy atom. The molecule has 14 fully saturated rings. The molecule has 0 N–H and O–H groups in total. The second-order valence-electron chi connectivity index (χ2n) is 40.5. The van der Waals surface area contributed by atoms with Gasteiger partial charge in [-0.05, 0) is 268 Å². The van der Waals surface area contributed by atoms with E-state index in [9.17, 15) is 0 Å². The SMILES string of the molecule is C1CC2C3CCC(C3)C2C1.C1CC2CC1C1C3CCC(C3)C21.C1CCC2C3CCC(C3)C2C1.C1CCC2CCCC2C1.C1CCC2CCCCC2C1.CC.CC.CC.CC.CC.CC.CC.CC.CC.CC.CC(C)C.CC(C)C.CC(C)C.CC(C)C.CC(C)C.CC(C)C.CC(C)C.CC(C)C.CC(C)C.CC(C)C. The van der Waals surface area contributed by atoms with Crippen LogP contribution < -0.4 is 0 Å². The summed E-state index contributed by atoms with van der Waals surface area (Å²) in [5, 5.41) is 0. The predicted octanol–water partition coefficient (Wildman–Crippen LogP) is 42.4. The standard InChI is InChI=1S/C12H18.C11H18.C10H16.C10H18.C9H16.10C4H10.10C2H6/c1-2-8-5-7(1)11-9-3-4-10(6-9)12(8)11;1-2-4-11-9-6-5-8(7-9)10(11)3-1;1-2-9-7-4-5-8(6-7)10(9)3-1;1-2-6-10-8-4-3-7-9(10)5-1;1-2-5-9-7-3-6-8(9)4-1;10*1-4(2)3;10*1-2/h7-12H,1-6H2;8-11H,1-7H2;7-10H,1-6H2;9-10H,1-8H2;8-9H,1-7H2;10*4H,1-3H3;10*1-2H3. The molecule has 0 aromatic carbocycles. The second kappa shape index (κ2) is 96.5. The van der Waals surface area contributed by atoms with Crippen molar-refractivity contribution in [2.24, 2.45) is 166 Å².